The van der Waals surface area contributed by atoms with Crippen LogP contribution in [-0.2, 0) is 9.84 Å². The van der Waals surface area contributed by atoms with E-state index in [1.807, 2.05) is 26.0 Å². The summed E-state index contributed by atoms with van der Waals surface area (Å²) in [4.78, 5) is 0.419. The van der Waals surface area contributed by atoms with Gasteiger partial charge in [0.25, 0.3) is 0 Å². The lowest BCUT2D eigenvalue weighted by atomic mass is 9.95. The number of fused-ring (bicyclic) bond motifs is 1. The van der Waals surface area contributed by atoms with Crippen LogP contribution in [0.25, 0.3) is 5.57 Å². The van der Waals surface area contributed by atoms with Crippen molar-refractivity contribution in [2.24, 2.45) is 11.7 Å². The minimum atomic E-state index is -3.25. The summed E-state index contributed by atoms with van der Waals surface area (Å²) in [7, 11) is -3.25. The maximum Gasteiger partial charge on any atom is 0.200 e. The van der Waals surface area contributed by atoms with Crippen LogP contribution >= 0.6 is 0 Å². The number of rotatable bonds is 2. The lowest BCUT2D eigenvalue weighted by Gasteiger charge is -2.10. The van der Waals surface area contributed by atoms with Crippen molar-refractivity contribution in [3.05, 3.63) is 34.7 Å². The van der Waals surface area contributed by atoms with Crippen LogP contribution in [-0.4, -0.2) is 15.0 Å². The molecule has 1 heterocycles. The van der Waals surface area contributed by atoms with E-state index in [1.165, 1.54) is 5.41 Å². The van der Waals surface area contributed by atoms with E-state index in [-0.39, 0.29) is 5.92 Å². The zero-order valence-corrected chi connectivity index (χ0v) is 10.2. The van der Waals surface area contributed by atoms with Gasteiger partial charge in [0.2, 0.25) is 9.84 Å². The Hall–Kier alpha value is -1.13. The summed E-state index contributed by atoms with van der Waals surface area (Å²) in [6.45, 7) is 4.28. The zero-order valence-electron chi connectivity index (χ0n) is 9.40. The molecule has 1 aromatic rings. The van der Waals surface area contributed by atoms with Gasteiger partial charge in [-0.05, 0) is 42.2 Å². The average molecular weight is 237 g/mol. The molecular formula is C12H15NO2S. The Labute approximate surface area is 95.9 Å². The van der Waals surface area contributed by atoms with E-state index in [2.05, 4.69) is 0 Å². The Bertz CT molecular complexity index is 558. The molecule has 1 atom stereocenters. The predicted molar refractivity (Wildman–Crippen MR) is 64.6 cm³/mol. The molecule has 4 heteroatoms. The van der Waals surface area contributed by atoms with Gasteiger partial charge in [-0.2, -0.15) is 0 Å². The summed E-state index contributed by atoms with van der Waals surface area (Å²) in [6, 6.07) is 5.52. The highest BCUT2D eigenvalue weighted by molar-refractivity contribution is 7.95. The van der Waals surface area contributed by atoms with Gasteiger partial charge in [0.05, 0.1) is 4.90 Å². The summed E-state index contributed by atoms with van der Waals surface area (Å²) in [5.41, 5.74) is 8.19. The number of benzene rings is 1. The smallest absolute Gasteiger partial charge is 0.200 e. The molecule has 1 aliphatic heterocycles. The van der Waals surface area contributed by atoms with Gasteiger partial charge in [-0.25, -0.2) is 8.42 Å². The van der Waals surface area contributed by atoms with Crippen molar-refractivity contribution in [1.29, 1.82) is 0 Å². The number of hydrogen-bond donors (Lipinski definition) is 1. The van der Waals surface area contributed by atoms with Gasteiger partial charge in [0.1, 0.15) is 0 Å². The van der Waals surface area contributed by atoms with Gasteiger partial charge in [-0.15, -0.1) is 0 Å². The highest BCUT2D eigenvalue weighted by Crippen LogP contribution is 2.37. The molecule has 1 aliphatic rings. The topological polar surface area (TPSA) is 60.2 Å². The SMILES string of the molecule is Cc1ccc2c(c1)S(=O)(=O)C=C2C(C)CN. The second-order valence-corrected chi connectivity index (χ2v) is 6.02. The molecule has 0 spiro atoms. The summed E-state index contributed by atoms with van der Waals surface area (Å²) in [5.74, 6) is 0.0683. The molecule has 2 rings (SSSR count). The van der Waals surface area contributed by atoms with Crippen molar-refractivity contribution >= 4 is 15.4 Å². The second kappa shape index (κ2) is 3.71. The molecule has 0 saturated heterocycles. The van der Waals surface area contributed by atoms with E-state index in [0.717, 1.165) is 16.7 Å². The first kappa shape index (κ1) is 11.4. The normalized spacial score (nSPS) is 19.1. The molecule has 86 valence electrons. The molecule has 0 fully saturated rings. The van der Waals surface area contributed by atoms with Crippen molar-refractivity contribution < 1.29 is 8.42 Å². The molecule has 0 aromatic heterocycles. The van der Waals surface area contributed by atoms with Crippen LogP contribution in [0, 0.1) is 12.8 Å². The predicted octanol–water partition coefficient (Wildman–Crippen LogP) is 1.72. The molecule has 0 radical (unpaired) electrons. The third-order valence-electron chi connectivity index (χ3n) is 2.92. The zero-order chi connectivity index (χ0) is 11.9. The fourth-order valence-electron chi connectivity index (χ4n) is 1.91. The highest BCUT2D eigenvalue weighted by Gasteiger charge is 2.28. The Kier molecular flexibility index (Phi) is 2.64. The first-order valence-corrected chi connectivity index (χ1v) is 6.78. The lowest BCUT2D eigenvalue weighted by molar-refractivity contribution is 0.605. The van der Waals surface area contributed by atoms with Crippen molar-refractivity contribution in [1.82, 2.24) is 0 Å². The van der Waals surface area contributed by atoms with Gasteiger partial charge >= 0.3 is 0 Å². The van der Waals surface area contributed by atoms with Crippen molar-refractivity contribution in [3.63, 3.8) is 0 Å². The Morgan fingerprint density at radius 1 is 1.38 bits per heavy atom. The number of hydrogen-bond acceptors (Lipinski definition) is 3. The third-order valence-corrected chi connectivity index (χ3v) is 4.44. The monoisotopic (exact) mass is 237 g/mol. The maximum absolute atomic E-state index is 11.9. The minimum absolute atomic E-state index is 0.0683. The van der Waals surface area contributed by atoms with Crippen LogP contribution in [0.1, 0.15) is 18.1 Å². The largest absolute Gasteiger partial charge is 0.330 e. The molecule has 1 unspecified atom stereocenters. The summed E-state index contributed by atoms with van der Waals surface area (Å²) >= 11 is 0. The molecule has 0 bridgehead atoms. The van der Waals surface area contributed by atoms with Crippen LogP contribution < -0.4 is 5.73 Å². The fourth-order valence-corrected chi connectivity index (χ4v) is 3.57. The van der Waals surface area contributed by atoms with Crippen LogP contribution in [0.3, 0.4) is 0 Å². The molecule has 2 N–H and O–H groups in total. The van der Waals surface area contributed by atoms with Gasteiger partial charge in [0, 0.05) is 5.41 Å². The standard InChI is InChI=1S/C12H15NO2S/c1-8-3-4-10-11(9(2)6-13)7-16(14,15)12(10)5-8/h3-5,7,9H,6,13H2,1-2H3. The Morgan fingerprint density at radius 2 is 2.06 bits per heavy atom. The van der Waals surface area contributed by atoms with Gasteiger partial charge < -0.3 is 5.73 Å². The molecule has 0 aliphatic carbocycles. The first-order valence-electron chi connectivity index (χ1n) is 5.23. The molecule has 1 aromatic carbocycles. The first-order chi connectivity index (χ1) is 7.45. The van der Waals surface area contributed by atoms with Crippen molar-refractivity contribution in [3.8, 4) is 0 Å². The Morgan fingerprint density at radius 3 is 2.69 bits per heavy atom. The van der Waals surface area contributed by atoms with Gasteiger partial charge in [0.15, 0.2) is 0 Å². The molecule has 16 heavy (non-hydrogen) atoms. The quantitative estimate of drug-likeness (QED) is 0.852. The maximum atomic E-state index is 11.9. The lowest BCUT2D eigenvalue weighted by Crippen LogP contribution is -2.11. The Balaban J connectivity index is 2.65. The van der Waals surface area contributed by atoms with E-state index in [4.69, 9.17) is 5.73 Å². The van der Waals surface area contributed by atoms with Crippen molar-refractivity contribution in [2.45, 2.75) is 18.7 Å². The van der Waals surface area contributed by atoms with Crippen LogP contribution in [0.2, 0.25) is 0 Å². The van der Waals surface area contributed by atoms with Crippen molar-refractivity contribution in [2.75, 3.05) is 6.54 Å². The second-order valence-electron chi connectivity index (χ2n) is 4.25. The molecule has 0 saturated carbocycles. The van der Waals surface area contributed by atoms with Crippen LogP contribution in [0.15, 0.2) is 28.5 Å². The van der Waals surface area contributed by atoms with Gasteiger partial charge in [-0.3, -0.25) is 0 Å². The van der Waals surface area contributed by atoms with Crippen LogP contribution in [0.5, 0.6) is 0 Å². The van der Waals surface area contributed by atoms with E-state index in [1.54, 1.807) is 6.07 Å². The van der Waals surface area contributed by atoms with E-state index in [0.29, 0.717) is 11.4 Å². The fraction of sp³-hybridized carbons (Fsp3) is 0.333. The average Bonchev–Trinajstić information content (AvgIpc) is 2.50. The third kappa shape index (κ3) is 1.68. The highest BCUT2D eigenvalue weighted by atomic mass is 32.2. The van der Waals surface area contributed by atoms with E-state index < -0.39 is 9.84 Å². The summed E-state index contributed by atoms with van der Waals surface area (Å²) < 4.78 is 23.8. The van der Waals surface area contributed by atoms with E-state index in [9.17, 15) is 8.42 Å². The van der Waals surface area contributed by atoms with Crippen LogP contribution in [0.4, 0.5) is 0 Å². The number of nitrogens with two attached hydrogens (primary N) is 1. The molecule has 3 nitrogen and oxygen atoms in total. The van der Waals surface area contributed by atoms with Gasteiger partial charge in [-0.1, -0.05) is 19.1 Å². The summed E-state index contributed by atoms with van der Waals surface area (Å²) in [5, 5.41) is 1.36. The van der Waals surface area contributed by atoms with E-state index >= 15 is 0 Å². The minimum Gasteiger partial charge on any atom is -0.330 e. The molecular weight excluding hydrogens is 222 g/mol. The number of sulfone groups is 1. The number of aryl methyl sites for hydroxylation is 1. The summed E-state index contributed by atoms with van der Waals surface area (Å²) in [6.07, 6.45) is 0. The molecule has 0 amide bonds.